The highest BCUT2D eigenvalue weighted by Gasteiger charge is 2.07. The molecule has 2 nitrogen and oxygen atoms in total. The number of Topliss-reactive ketones (excluding diaryl/α,β-unsaturated/α-hetero) is 1. The van der Waals surface area contributed by atoms with Gasteiger partial charge in [0.05, 0.1) is 6.10 Å². The quantitative estimate of drug-likeness (QED) is 0.670. The van der Waals surface area contributed by atoms with Gasteiger partial charge >= 0.3 is 0 Å². The number of carbonyl (C=O) groups is 1. The van der Waals surface area contributed by atoms with Gasteiger partial charge in [-0.15, -0.1) is 0 Å². The number of hydrogen-bond acceptors (Lipinski definition) is 2. The van der Waals surface area contributed by atoms with E-state index in [1.807, 2.05) is 37.3 Å². The van der Waals surface area contributed by atoms with Crippen LogP contribution in [0.5, 0.6) is 0 Å². The van der Waals surface area contributed by atoms with Crippen LogP contribution in [0.4, 0.5) is 0 Å². The second kappa shape index (κ2) is 5.55. The van der Waals surface area contributed by atoms with Gasteiger partial charge in [-0.3, -0.25) is 4.79 Å². The van der Waals surface area contributed by atoms with E-state index in [0.29, 0.717) is 6.42 Å². The molecule has 2 heteroatoms. The summed E-state index contributed by atoms with van der Waals surface area (Å²) in [5.41, 5.74) is 0.788. The minimum atomic E-state index is 0.155. The normalized spacial score (nSPS) is 12.4. The van der Waals surface area contributed by atoms with Crippen molar-refractivity contribution in [2.24, 2.45) is 0 Å². The Morgan fingerprint density at radius 2 is 2.00 bits per heavy atom. The molecular weight excluding hydrogens is 176 g/mol. The summed E-state index contributed by atoms with van der Waals surface area (Å²) in [6, 6.07) is 9.37. The van der Waals surface area contributed by atoms with Crippen molar-refractivity contribution >= 4 is 5.78 Å². The minimum absolute atomic E-state index is 0.155. The van der Waals surface area contributed by atoms with Crippen LogP contribution in [-0.4, -0.2) is 19.0 Å². The molecule has 0 heterocycles. The van der Waals surface area contributed by atoms with E-state index in [1.54, 1.807) is 7.11 Å². The van der Waals surface area contributed by atoms with Gasteiger partial charge in [-0.2, -0.15) is 0 Å². The third-order valence-corrected chi connectivity index (χ3v) is 2.28. The van der Waals surface area contributed by atoms with Gasteiger partial charge in [0, 0.05) is 19.1 Å². The zero-order valence-electron chi connectivity index (χ0n) is 8.69. The molecule has 0 bridgehead atoms. The van der Waals surface area contributed by atoms with Crippen molar-refractivity contribution < 1.29 is 9.53 Å². The molecule has 0 spiro atoms. The molecular formula is C12H16O2. The molecule has 0 saturated carbocycles. The highest BCUT2D eigenvalue weighted by atomic mass is 16.5. The second-order valence-electron chi connectivity index (χ2n) is 3.37. The zero-order valence-corrected chi connectivity index (χ0v) is 8.69. The van der Waals surface area contributed by atoms with Crippen molar-refractivity contribution in [1.29, 1.82) is 0 Å². The zero-order chi connectivity index (χ0) is 10.4. The van der Waals surface area contributed by atoms with Gasteiger partial charge in [0.2, 0.25) is 0 Å². The fourth-order valence-electron chi connectivity index (χ4n) is 1.22. The summed E-state index contributed by atoms with van der Waals surface area (Å²) in [4.78, 5) is 11.6. The molecule has 1 aromatic rings. The first-order valence-electron chi connectivity index (χ1n) is 4.85. The molecule has 1 atom stereocenters. The van der Waals surface area contributed by atoms with E-state index in [2.05, 4.69) is 0 Å². The Kier molecular flexibility index (Phi) is 4.33. The molecule has 0 saturated heterocycles. The fourth-order valence-corrected chi connectivity index (χ4v) is 1.22. The predicted molar refractivity (Wildman–Crippen MR) is 56.5 cm³/mol. The van der Waals surface area contributed by atoms with E-state index in [4.69, 9.17) is 4.74 Å². The SMILES string of the molecule is CO[C@H](C)CCC(=O)c1ccccc1. The summed E-state index contributed by atoms with van der Waals surface area (Å²) in [5, 5.41) is 0. The van der Waals surface area contributed by atoms with Gasteiger partial charge in [-0.05, 0) is 13.3 Å². The minimum Gasteiger partial charge on any atom is -0.382 e. The van der Waals surface area contributed by atoms with E-state index in [-0.39, 0.29) is 11.9 Å². The highest BCUT2D eigenvalue weighted by molar-refractivity contribution is 5.95. The average Bonchev–Trinajstić information content (AvgIpc) is 2.26. The third-order valence-electron chi connectivity index (χ3n) is 2.28. The van der Waals surface area contributed by atoms with Gasteiger partial charge in [0.15, 0.2) is 5.78 Å². The molecule has 0 aliphatic rings. The van der Waals surface area contributed by atoms with Crippen molar-refractivity contribution in [3.8, 4) is 0 Å². The molecule has 0 fully saturated rings. The maximum Gasteiger partial charge on any atom is 0.162 e. The lowest BCUT2D eigenvalue weighted by molar-refractivity contribution is 0.0878. The van der Waals surface area contributed by atoms with E-state index in [0.717, 1.165) is 12.0 Å². The first-order valence-corrected chi connectivity index (χ1v) is 4.85. The van der Waals surface area contributed by atoms with Crippen molar-refractivity contribution in [1.82, 2.24) is 0 Å². The fraction of sp³-hybridized carbons (Fsp3) is 0.417. The number of methoxy groups -OCH3 is 1. The molecule has 0 aliphatic heterocycles. The topological polar surface area (TPSA) is 26.3 Å². The number of rotatable bonds is 5. The summed E-state index contributed by atoms with van der Waals surface area (Å²) in [6.45, 7) is 1.97. The molecule has 0 N–H and O–H groups in total. The first-order chi connectivity index (χ1) is 6.74. The monoisotopic (exact) mass is 192 g/mol. The van der Waals surface area contributed by atoms with Crippen LogP contribution in [-0.2, 0) is 4.74 Å². The van der Waals surface area contributed by atoms with Gasteiger partial charge in [0.1, 0.15) is 0 Å². The Labute approximate surface area is 84.9 Å². The van der Waals surface area contributed by atoms with Gasteiger partial charge in [-0.25, -0.2) is 0 Å². The van der Waals surface area contributed by atoms with Gasteiger partial charge < -0.3 is 4.74 Å². The smallest absolute Gasteiger partial charge is 0.162 e. The lowest BCUT2D eigenvalue weighted by Gasteiger charge is -2.07. The number of benzene rings is 1. The van der Waals surface area contributed by atoms with Crippen molar-refractivity contribution in [2.45, 2.75) is 25.9 Å². The van der Waals surface area contributed by atoms with Crippen LogP contribution in [0.2, 0.25) is 0 Å². The van der Waals surface area contributed by atoms with Crippen molar-refractivity contribution in [3.63, 3.8) is 0 Å². The van der Waals surface area contributed by atoms with Crippen LogP contribution in [0, 0.1) is 0 Å². The molecule has 76 valence electrons. The largest absolute Gasteiger partial charge is 0.382 e. The van der Waals surface area contributed by atoms with Crippen molar-refractivity contribution in [2.75, 3.05) is 7.11 Å². The lowest BCUT2D eigenvalue weighted by Crippen LogP contribution is -2.08. The molecule has 0 unspecified atom stereocenters. The standard InChI is InChI=1S/C12H16O2/c1-10(14-2)8-9-12(13)11-6-4-3-5-7-11/h3-7,10H,8-9H2,1-2H3/t10-/m1/s1. The molecule has 14 heavy (non-hydrogen) atoms. The number of hydrogen-bond donors (Lipinski definition) is 0. The van der Waals surface area contributed by atoms with E-state index >= 15 is 0 Å². The molecule has 0 radical (unpaired) electrons. The lowest BCUT2D eigenvalue weighted by atomic mass is 10.1. The summed E-state index contributed by atoms with van der Waals surface area (Å²) < 4.78 is 5.08. The van der Waals surface area contributed by atoms with E-state index in [9.17, 15) is 4.79 Å². The third kappa shape index (κ3) is 3.30. The maximum absolute atomic E-state index is 11.6. The number of ether oxygens (including phenoxy) is 1. The van der Waals surface area contributed by atoms with Crippen LogP contribution < -0.4 is 0 Å². The predicted octanol–water partition coefficient (Wildman–Crippen LogP) is 2.68. The maximum atomic E-state index is 11.6. The number of carbonyl (C=O) groups excluding carboxylic acids is 1. The van der Waals surface area contributed by atoms with Crippen molar-refractivity contribution in [3.05, 3.63) is 35.9 Å². The van der Waals surface area contributed by atoms with Gasteiger partial charge in [-0.1, -0.05) is 30.3 Å². The number of ketones is 1. The van der Waals surface area contributed by atoms with E-state index < -0.39 is 0 Å². The Hall–Kier alpha value is -1.15. The highest BCUT2D eigenvalue weighted by Crippen LogP contribution is 2.07. The second-order valence-corrected chi connectivity index (χ2v) is 3.37. The molecule has 0 amide bonds. The Balaban J connectivity index is 2.44. The Bertz CT molecular complexity index is 280. The first kappa shape index (κ1) is 10.9. The summed E-state index contributed by atoms with van der Waals surface area (Å²) in [5.74, 6) is 0.189. The summed E-state index contributed by atoms with van der Waals surface area (Å²) in [6.07, 6.45) is 1.49. The Morgan fingerprint density at radius 3 is 2.57 bits per heavy atom. The van der Waals surface area contributed by atoms with Gasteiger partial charge in [0.25, 0.3) is 0 Å². The van der Waals surface area contributed by atoms with Crippen LogP contribution >= 0.6 is 0 Å². The van der Waals surface area contributed by atoms with E-state index in [1.165, 1.54) is 0 Å². The molecule has 1 aromatic carbocycles. The summed E-state index contributed by atoms with van der Waals surface area (Å²) >= 11 is 0. The Morgan fingerprint density at radius 1 is 1.36 bits per heavy atom. The van der Waals surface area contributed by atoms with Crippen LogP contribution in [0.25, 0.3) is 0 Å². The average molecular weight is 192 g/mol. The summed E-state index contributed by atoms with van der Waals surface area (Å²) in [7, 11) is 1.66. The molecule has 1 rings (SSSR count). The molecule has 0 aromatic heterocycles. The van der Waals surface area contributed by atoms with Crippen LogP contribution in [0.15, 0.2) is 30.3 Å². The molecule has 0 aliphatic carbocycles. The van der Waals surface area contributed by atoms with Crippen LogP contribution in [0.1, 0.15) is 30.1 Å². The van der Waals surface area contributed by atoms with Crippen LogP contribution in [0.3, 0.4) is 0 Å².